The van der Waals surface area contributed by atoms with Gasteiger partial charge in [-0.2, -0.15) is 0 Å². The predicted octanol–water partition coefficient (Wildman–Crippen LogP) is 2.88. The average Bonchev–Trinajstić information content (AvgIpc) is 2.95. The third kappa shape index (κ3) is 2.60. The number of anilines is 2. The summed E-state index contributed by atoms with van der Waals surface area (Å²) in [5, 5.41) is 3.47. The molecule has 1 aromatic carbocycles. The van der Waals surface area contributed by atoms with Crippen LogP contribution in [0, 0.1) is 5.92 Å². The second-order valence-electron chi connectivity index (χ2n) is 4.56. The van der Waals surface area contributed by atoms with E-state index in [2.05, 4.69) is 19.2 Å². The van der Waals surface area contributed by atoms with Crippen molar-refractivity contribution in [3.05, 3.63) is 18.2 Å². The number of ether oxygens (including phenoxy) is 1. The molecule has 0 amide bonds. The molecule has 1 saturated carbocycles. The second-order valence-corrected chi connectivity index (χ2v) is 4.56. The number of hydrogen-bond donors (Lipinski definition) is 2. The standard InChI is InChI=1S/C13H20N2O/c1-3-6-16-13-8-10(4-5-11(13)14)15-12-7-9(12)2/h4-5,8-9,12,15H,3,6-7,14H2,1-2H3. The fraction of sp³-hybridized carbons (Fsp3) is 0.538. The average molecular weight is 220 g/mol. The Labute approximate surface area is 97.0 Å². The molecule has 0 aromatic heterocycles. The number of nitrogens with two attached hydrogens (primary N) is 1. The van der Waals surface area contributed by atoms with Crippen molar-refractivity contribution in [2.24, 2.45) is 5.92 Å². The van der Waals surface area contributed by atoms with E-state index in [0.717, 1.165) is 23.8 Å². The molecule has 88 valence electrons. The fourth-order valence-corrected chi connectivity index (χ4v) is 1.70. The Kier molecular flexibility index (Phi) is 3.22. The van der Waals surface area contributed by atoms with Crippen LogP contribution >= 0.6 is 0 Å². The summed E-state index contributed by atoms with van der Waals surface area (Å²) in [6, 6.07) is 6.54. The lowest BCUT2D eigenvalue weighted by Gasteiger charge is -2.11. The Hall–Kier alpha value is -1.38. The maximum atomic E-state index is 5.85. The van der Waals surface area contributed by atoms with Gasteiger partial charge in [0.05, 0.1) is 12.3 Å². The molecule has 0 spiro atoms. The minimum Gasteiger partial charge on any atom is -0.491 e. The van der Waals surface area contributed by atoms with E-state index in [0.29, 0.717) is 18.3 Å². The number of nitrogen functional groups attached to an aromatic ring is 1. The van der Waals surface area contributed by atoms with Gasteiger partial charge in [0, 0.05) is 17.8 Å². The molecule has 0 saturated heterocycles. The third-order valence-corrected chi connectivity index (χ3v) is 2.94. The van der Waals surface area contributed by atoms with Gasteiger partial charge in [-0.15, -0.1) is 0 Å². The van der Waals surface area contributed by atoms with Gasteiger partial charge in [-0.05, 0) is 30.9 Å². The van der Waals surface area contributed by atoms with E-state index in [1.165, 1.54) is 6.42 Å². The number of benzene rings is 1. The van der Waals surface area contributed by atoms with Gasteiger partial charge in [-0.1, -0.05) is 13.8 Å². The van der Waals surface area contributed by atoms with Gasteiger partial charge in [0.1, 0.15) is 5.75 Å². The maximum absolute atomic E-state index is 5.85. The first kappa shape index (κ1) is 11.1. The zero-order valence-corrected chi connectivity index (χ0v) is 9.99. The van der Waals surface area contributed by atoms with E-state index in [-0.39, 0.29) is 0 Å². The Morgan fingerprint density at radius 2 is 2.25 bits per heavy atom. The van der Waals surface area contributed by atoms with Crippen LogP contribution in [0.1, 0.15) is 26.7 Å². The highest BCUT2D eigenvalue weighted by Crippen LogP contribution is 2.34. The highest BCUT2D eigenvalue weighted by molar-refractivity contribution is 5.62. The SMILES string of the molecule is CCCOc1cc(NC2CC2C)ccc1N. The smallest absolute Gasteiger partial charge is 0.144 e. The molecule has 0 aliphatic heterocycles. The lowest BCUT2D eigenvalue weighted by Crippen LogP contribution is -2.05. The van der Waals surface area contributed by atoms with Gasteiger partial charge in [0.15, 0.2) is 0 Å². The molecular formula is C13H20N2O. The lowest BCUT2D eigenvalue weighted by molar-refractivity contribution is 0.319. The van der Waals surface area contributed by atoms with Gasteiger partial charge in [0.25, 0.3) is 0 Å². The molecule has 3 N–H and O–H groups in total. The third-order valence-electron chi connectivity index (χ3n) is 2.94. The fourth-order valence-electron chi connectivity index (χ4n) is 1.70. The van der Waals surface area contributed by atoms with Crippen LogP contribution in [0.15, 0.2) is 18.2 Å². The summed E-state index contributed by atoms with van der Waals surface area (Å²) >= 11 is 0. The van der Waals surface area contributed by atoms with Gasteiger partial charge < -0.3 is 15.8 Å². The minimum atomic E-state index is 0.627. The summed E-state index contributed by atoms with van der Waals surface area (Å²) in [6.45, 7) is 5.06. The molecule has 1 fully saturated rings. The molecule has 2 unspecified atom stereocenters. The first-order valence-corrected chi connectivity index (χ1v) is 5.99. The molecule has 0 radical (unpaired) electrons. The van der Waals surface area contributed by atoms with E-state index in [4.69, 9.17) is 10.5 Å². The van der Waals surface area contributed by atoms with Crippen molar-refractivity contribution in [1.29, 1.82) is 0 Å². The van der Waals surface area contributed by atoms with Gasteiger partial charge in [-0.25, -0.2) is 0 Å². The number of hydrogen-bond acceptors (Lipinski definition) is 3. The van der Waals surface area contributed by atoms with Crippen LogP contribution in [0.2, 0.25) is 0 Å². The molecular weight excluding hydrogens is 200 g/mol. The van der Waals surface area contributed by atoms with Crippen LogP contribution in [0.25, 0.3) is 0 Å². The molecule has 16 heavy (non-hydrogen) atoms. The van der Waals surface area contributed by atoms with Crippen molar-refractivity contribution < 1.29 is 4.74 Å². The Balaban J connectivity index is 2.02. The number of rotatable bonds is 5. The van der Waals surface area contributed by atoms with Crippen LogP contribution in [-0.4, -0.2) is 12.6 Å². The first-order valence-electron chi connectivity index (χ1n) is 5.99. The molecule has 0 bridgehead atoms. The van der Waals surface area contributed by atoms with Crippen LogP contribution in [0.4, 0.5) is 11.4 Å². The van der Waals surface area contributed by atoms with E-state index >= 15 is 0 Å². The van der Waals surface area contributed by atoms with E-state index in [9.17, 15) is 0 Å². The van der Waals surface area contributed by atoms with Crippen molar-refractivity contribution in [2.75, 3.05) is 17.7 Å². The number of nitrogens with one attached hydrogen (secondary N) is 1. The maximum Gasteiger partial charge on any atom is 0.144 e. The Morgan fingerprint density at radius 1 is 1.50 bits per heavy atom. The minimum absolute atomic E-state index is 0.627. The van der Waals surface area contributed by atoms with Crippen molar-refractivity contribution in [3.8, 4) is 5.75 Å². The molecule has 1 aliphatic rings. The lowest BCUT2D eigenvalue weighted by atomic mass is 10.2. The molecule has 3 nitrogen and oxygen atoms in total. The van der Waals surface area contributed by atoms with Crippen molar-refractivity contribution in [2.45, 2.75) is 32.7 Å². The van der Waals surface area contributed by atoms with Crippen molar-refractivity contribution >= 4 is 11.4 Å². The molecule has 0 heterocycles. The van der Waals surface area contributed by atoms with Crippen molar-refractivity contribution in [1.82, 2.24) is 0 Å². The summed E-state index contributed by atoms with van der Waals surface area (Å²) in [5.74, 6) is 1.58. The van der Waals surface area contributed by atoms with Crippen LogP contribution in [0.3, 0.4) is 0 Å². The van der Waals surface area contributed by atoms with E-state index in [1.54, 1.807) is 0 Å². The monoisotopic (exact) mass is 220 g/mol. The van der Waals surface area contributed by atoms with Crippen LogP contribution in [-0.2, 0) is 0 Å². The van der Waals surface area contributed by atoms with Crippen molar-refractivity contribution in [3.63, 3.8) is 0 Å². The second kappa shape index (κ2) is 4.64. The molecule has 2 rings (SSSR count). The molecule has 1 aliphatic carbocycles. The van der Waals surface area contributed by atoms with Crippen LogP contribution < -0.4 is 15.8 Å². The molecule has 1 aromatic rings. The van der Waals surface area contributed by atoms with Gasteiger partial charge in [0.2, 0.25) is 0 Å². The highest BCUT2D eigenvalue weighted by Gasteiger charge is 2.32. The summed E-state index contributed by atoms with van der Waals surface area (Å²) in [4.78, 5) is 0. The summed E-state index contributed by atoms with van der Waals surface area (Å²) < 4.78 is 5.59. The topological polar surface area (TPSA) is 47.3 Å². The summed E-state index contributed by atoms with van der Waals surface area (Å²) in [5.41, 5.74) is 7.67. The summed E-state index contributed by atoms with van der Waals surface area (Å²) in [7, 11) is 0. The van der Waals surface area contributed by atoms with E-state index < -0.39 is 0 Å². The Morgan fingerprint density at radius 3 is 2.88 bits per heavy atom. The highest BCUT2D eigenvalue weighted by atomic mass is 16.5. The van der Waals surface area contributed by atoms with Gasteiger partial charge >= 0.3 is 0 Å². The van der Waals surface area contributed by atoms with E-state index in [1.807, 2.05) is 18.2 Å². The van der Waals surface area contributed by atoms with Gasteiger partial charge in [-0.3, -0.25) is 0 Å². The summed E-state index contributed by atoms with van der Waals surface area (Å²) in [6.07, 6.45) is 2.26. The normalized spacial score (nSPS) is 22.9. The zero-order valence-electron chi connectivity index (χ0n) is 9.99. The largest absolute Gasteiger partial charge is 0.491 e. The molecule has 3 heteroatoms. The van der Waals surface area contributed by atoms with Crippen LogP contribution in [0.5, 0.6) is 5.75 Å². The first-order chi connectivity index (χ1) is 7.70. The zero-order chi connectivity index (χ0) is 11.5. The Bertz CT molecular complexity index is 365. The molecule has 2 atom stereocenters. The predicted molar refractivity (Wildman–Crippen MR) is 67.8 cm³/mol. The quantitative estimate of drug-likeness (QED) is 0.750.